The van der Waals surface area contributed by atoms with E-state index in [1.165, 1.54) is 11.1 Å². The Bertz CT molecular complexity index is 728. The fraction of sp³-hybridized carbons (Fsp3) is 0.381. The molecule has 4 rings (SSSR count). The number of carbonyl (C=O) groups is 1. The molecule has 1 aliphatic heterocycles. The first-order valence-electron chi connectivity index (χ1n) is 8.78. The summed E-state index contributed by atoms with van der Waals surface area (Å²) < 4.78 is 0. The Kier molecular flexibility index (Phi) is 4.11. The lowest BCUT2D eigenvalue weighted by Gasteiger charge is -2.37. The minimum atomic E-state index is -0.676. The molecule has 1 heterocycles. The highest BCUT2D eigenvalue weighted by molar-refractivity contribution is 5.77. The van der Waals surface area contributed by atoms with Crippen molar-refractivity contribution in [3.8, 4) is 0 Å². The Morgan fingerprint density at radius 3 is 2.42 bits per heavy atom. The van der Waals surface area contributed by atoms with Crippen molar-refractivity contribution in [2.75, 3.05) is 13.1 Å². The molecule has 0 radical (unpaired) electrons. The summed E-state index contributed by atoms with van der Waals surface area (Å²) in [6.07, 6.45) is 1.88. The normalized spacial score (nSPS) is 26.4. The molecule has 2 aromatic rings. The SMILES string of the molecule is O=C(O)[C@H]1C[C@H]2C[C@H](CN(Cc3ccccc3)C2)c2ccccc21. The van der Waals surface area contributed by atoms with E-state index in [0.29, 0.717) is 11.8 Å². The predicted octanol–water partition coefficient (Wildman–Crippen LogP) is 3.86. The van der Waals surface area contributed by atoms with Gasteiger partial charge in [-0.05, 0) is 41.4 Å². The number of hydrogen-bond donors (Lipinski definition) is 1. The maximum Gasteiger partial charge on any atom is 0.310 e. The first kappa shape index (κ1) is 15.4. The van der Waals surface area contributed by atoms with Crippen molar-refractivity contribution < 1.29 is 9.90 Å². The van der Waals surface area contributed by atoms with Gasteiger partial charge in [-0.15, -0.1) is 0 Å². The van der Waals surface area contributed by atoms with E-state index in [1.807, 2.05) is 24.3 Å². The minimum Gasteiger partial charge on any atom is -0.481 e. The second-order valence-electron chi connectivity index (χ2n) is 7.23. The van der Waals surface area contributed by atoms with Crippen molar-refractivity contribution in [2.45, 2.75) is 31.2 Å². The second kappa shape index (κ2) is 6.40. The van der Waals surface area contributed by atoms with Crippen molar-refractivity contribution in [1.82, 2.24) is 4.90 Å². The number of nitrogens with zero attached hydrogens (tertiary/aromatic N) is 1. The van der Waals surface area contributed by atoms with E-state index < -0.39 is 5.97 Å². The van der Waals surface area contributed by atoms with Gasteiger partial charge in [0, 0.05) is 19.6 Å². The van der Waals surface area contributed by atoms with Gasteiger partial charge in [0.15, 0.2) is 0 Å². The summed E-state index contributed by atoms with van der Waals surface area (Å²) in [4.78, 5) is 14.3. The van der Waals surface area contributed by atoms with Gasteiger partial charge in [0.2, 0.25) is 0 Å². The molecule has 3 heteroatoms. The third-order valence-electron chi connectivity index (χ3n) is 5.54. The van der Waals surface area contributed by atoms with Gasteiger partial charge >= 0.3 is 5.97 Å². The molecule has 1 saturated heterocycles. The van der Waals surface area contributed by atoms with E-state index in [2.05, 4.69) is 35.2 Å². The van der Waals surface area contributed by atoms with Crippen LogP contribution in [0.1, 0.15) is 41.4 Å². The van der Waals surface area contributed by atoms with Gasteiger partial charge in [-0.3, -0.25) is 9.69 Å². The summed E-state index contributed by atoms with van der Waals surface area (Å²) >= 11 is 0. The number of hydrogen-bond acceptors (Lipinski definition) is 2. The molecule has 3 nitrogen and oxygen atoms in total. The molecule has 2 bridgehead atoms. The highest BCUT2D eigenvalue weighted by Gasteiger charge is 2.37. The van der Waals surface area contributed by atoms with Crippen molar-refractivity contribution >= 4 is 5.97 Å². The molecule has 0 saturated carbocycles. The highest BCUT2D eigenvalue weighted by Crippen LogP contribution is 2.43. The number of benzene rings is 2. The van der Waals surface area contributed by atoms with E-state index in [1.54, 1.807) is 0 Å². The van der Waals surface area contributed by atoms with Gasteiger partial charge in [0.25, 0.3) is 0 Å². The number of rotatable bonds is 3. The standard InChI is InChI=1S/C21H23NO2/c23-21(24)20-11-16-10-17(18-8-4-5-9-19(18)20)14-22(13-16)12-15-6-2-1-3-7-15/h1-9,16-17,20H,10-14H2,(H,23,24)/t16-,17-,20+/m1/s1. The van der Waals surface area contributed by atoms with E-state index in [4.69, 9.17) is 0 Å². The lowest BCUT2D eigenvalue weighted by atomic mass is 9.85. The molecule has 124 valence electrons. The van der Waals surface area contributed by atoms with Gasteiger partial charge in [-0.1, -0.05) is 54.6 Å². The van der Waals surface area contributed by atoms with Crippen LogP contribution >= 0.6 is 0 Å². The first-order valence-corrected chi connectivity index (χ1v) is 8.78. The van der Waals surface area contributed by atoms with E-state index in [0.717, 1.165) is 38.0 Å². The average molecular weight is 321 g/mol. The number of piperidine rings is 1. The molecule has 0 aromatic heterocycles. The maximum absolute atomic E-state index is 11.8. The third kappa shape index (κ3) is 2.96. The molecule has 1 aliphatic carbocycles. The Balaban J connectivity index is 1.63. The van der Waals surface area contributed by atoms with Crippen molar-refractivity contribution in [2.24, 2.45) is 5.92 Å². The summed E-state index contributed by atoms with van der Waals surface area (Å²) in [6, 6.07) is 18.8. The van der Waals surface area contributed by atoms with Crippen LogP contribution in [0.3, 0.4) is 0 Å². The largest absolute Gasteiger partial charge is 0.481 e. The quantitative estimate of drug-likeness (QED) is 0.933. The summed E-state index contributed by atoms with van der Waals surface area (Å²) in [5, 5.41) is 9.72. The monoisotopic (exact) mass is 321 g/mol. The summed E-state index contributed by atoms with van der Waals surface area (Å²) in [7, 11) is 0. The van der Waals surface area contributed by atoms with Crippen LogP contribution in [0, 0.1) is 5.92 Å². The Morgan fingerprint density at radius 1 is 0.958 bits per heavy atom. The van der Waals surface area contributed by atoms with Gasteiger partial charge in [0.05, 0.1) is 5.92 Å². The number of fused-ring (bicyclic) bond motifs is 4. The summed E-state index contributed by atoms with van der Waals surface area (Å²) in [6.45, 7) is 2.98. The van der Waals surface area contributed by atoms with Crippen LogP contribution in [0.4, 0.5) is 0 Å². The van der Waals surface area contributed by atoms with E-state index in [9.17, 15) is 9.90 Å². The highest BCUT2D eigenvalue weighted by atomic mass is 16.4. The number of carboxylic acid groups (broad SMARTS) is 1. The summed E-state index contributed by atoms with van der Waals surface area (Å²) in [5.74, 6) is -0.119. The minimum absolute atomic E-state index is 0.354. The molecule has 1 fully saturated rings. The average Bonchev–Trinajstić information content (AvgIpc) is 2.71. The van der Waals surface area contributed by atoms with Crippen LogP contribution < -0.4 is 0 Å². The zero-order valence-electron chi connectivity index (χ0n) is 13.8. The van der Waals surface area contributed by atoms with Crippen LogP contribution in [0.5, 0.6) is 0 Å². The van der Waals surface area contributed by atoms with Crippen molar-refractivity contribution in [3.05, 3.63) is 71.3 Å². The topological polar surface area (TPSA) is 40.5 Å². The van der Waals surface area contributed by atoms with E-state index >= 15 is 0 Å². The van der Waals surface area contributed by atoms with Crippen LogP contribution in [0.25, 0.3) is 0 Å². The maximum atomic E-state index is 11.8. The van der Waals surface area contributed by atoms with Crippen molar-refractivity contribution in [1.29, 1.82) is 0 Å². The Hall–Kier alpha value is -2.13. The van der Waals surface area contributed by atoms with E-state index in [-0.39, 0.29) is 5.92 Å². The Morgan fingerprint density at radius 2 is 1.67 bits per heavy atom. The molecular formula is C21H23NO2. The van der Waals surface area contributed by atoms with Gasteiger partial charge < -0.3 is 5.11 Å². The molecular weight excluding hydrogens is 298 g/mol. The number of aliphatic carboxylic acids is 1. The van der Waals surface area contributed by atoms with Crippen LogP contribution in [-0.4, -0.2) is 29.1 Å². The first-order chi connectivity index (χ1) is 11.7. The lowest BCUT2D eigenvalue weighted by Crippen LogP contribution is -2.38. The van der Waals surface area contributed by atoms with Crippen molar-refractivity contribution in [3.63, 3.8) is 0 Å². The fourth-order valence-corrected chi connectivity index (χ4v) is 4.56. The molecule has 1 N–H and O–H groups in total. The van der Waals surface area contributed by atoms with Crippen LogP contribution in [-0.2, 0) is 11.3 Å². The zero-order chi connectivity index (χ0) is 16.5. The smallest absolute Gasteiger partial charge is 0.310 e. The predicted molar refractivity (Wildman–Crippen MR) is 94.0 cm³/mol. The summed E-state index contributed by atoms with van der Waals surface area (Å²) in [5.41, 5.74) is 3.63. The molecule has 2 aliphatic rings. The zero-order valence-corrected chi connectivity index (χ0v) is 13.8. The molecule has 0 unspecified atom stereocenters. The molecule has 0 amide bonds. The van der Waals surface area contributed by atoms with Crippen LogP contribution in [0.15, 0.2) is 54.6 Å². The van der Waals surface area contributed by atoms with Gasteiger partial charge in [-0.2, -0.15) is 0 Å². The third-order valence-corrected chi connectivity index (χ3v) is 5.54. The second-order valence-corrected chi connectivity index (χ2v) is 7.23. The van der Waals surface area contributed by atoms with Crippen LogP contribution in [0.2, 0.25) is 0 Å². The molecule has 24 heavy (non-hydrogen) atoms. The Labute approximate surface area is 142 Å². The number of carboxylic acids is 1. The van der Waals surface area contributed by atoms with Gasteiger partial charge in [0.1, 0.15) is 0 Å². The molecule has 3 atom stereocenters. The number of likely N-dealkylation sites (tertiary alicyclic amines) is 1. The molecule has 0 spiro atoms. The van der Waals surface area contributed by atoms with Gasteiger partial charge in [-0.25, -0.2) is 0 Å². The fourth-order valence-electron chi connectivity index (χ4n) is 4.56. The molecule has 2 aromatic carbocycles. The lowest BCUT2D eigenvalue weighted by molar-refractivity contribution is -0.139.